The fourth-order valence-electron chi connectivity index (χ4n) is 4.06. The lowest BCUT2D eigenvalue weighted by Crippen LogP contribution is -2.44. The number of aromatic nitrogens is 1. The van der Waals surface area contributed by atoms with Crippen molar-refractivity contribution in [3.63, 3.8) is 0 Å². The van der Waals surface area contributed by atoms with Gasteiger partial charge in [0.05, 0.1) is 31.7 Å². The molecule has 2 aliphatic rings. The lowest BCUT2D eigenvalue weighted by atomic mass is 10.1. The molecule has 0 saturated carbocycles. The predicted molar refractivity (Wildman–Crippen MR) is 126 cm³/mol. The minimum absolute atomic E-state index is 0.0553. The molecule has 1 fully saturated rings. The Morgan fingerprint density at radius 3 is 2.57 bits per heavy atom. The molecular formula is C22H24F2N4O8S. The molecule has 1 atom stereocenters. The van der Waals surface area contributed by atoms with Crippen molar-refractivity contribution < 1.29 is 45.7 Å². The largest absolute Gasteiger partial charge is 0.586 e. The zero-order valence-electron chi connectivity index (χ0n) is 20.0. The summed E-state index contributed by atoms with van der Waals surface area (Å²) in [5.41, 5.74) is -0.501. The second kappa shape index (κ2) is 9.97. The molecule has 3 heterocycles. The number of hydrogen-bond acceptors (Lipinski definition) is 10. The van der Waals surface area contributed by atoms with E-state index in [4.69, 9.17) is 9.47 Å². The number of fused-ring (bicyclic) bond motifs is 1. The summed E-state index contributed by atoms with van der Waals surface area (Å²) in [5, 5.41) is 5.60. The van der Waals surface area contributed by atoms with Gasteiger partial charge in [0.2, 0.25) is 10.0 Å². The first-order chi connectivity index (χ1) is 17.4. The van der Waals surface area contributed by atoms with Crippen LogP contribution in [0.25, 0.3) is 0 Å². The Balaban J connectivity index is 1.66. The Morgan fingerprint density at radius 2 is 1.92 bits per heavy atom. The number of rotatable bonds is 7. The summed E-state index contributed by atoms with van der Waals surface area (Å²) in [6.07, 6.45) is -0.201. The van der Waals surface area contributed by atoms with E-state index in [2.05, 4.69) is 25.1 Å². The van der Waals surface area contributed by atoms with Gasteiger partial charge in [-0.15, -0.1) is 8.78 Å². The highest BCUT2D eigenvalue weighted by Crippen LogP contribution is 2.44. The van der Waals surface area contributed by atoms with Crippen molar-refractivity contribution in [2.24, 2.45) is 0 Å². The van der Waals surface area contributed by atoms with Gasteiger partial charge in [-0.3, -0.25) is 4.79 Å². The van der Waals surface area contributed by atoms with Crippen molar-refractivity contribution >= 4 is 33.4 Å². The topological polar surface area (TPSA) is 145 Å². The third-order valence-corrected chi connectivity index (χ3v) is 7.02. The minimum Gasteiger partial charge on any atom is -0.496 e. The van der Waals surface area contributed by atoms with Crippen LogP contribution in [0.3, 0.4) is 0 Å². The lowest BCUT2D eigenvalue weighted by molar-refractivity contribution is -0.286. The number of esters is 1. The molecule has 0 radical (unpaired) electrons. The molecule has 2 aliphatic heterocycles. The third-order valence-electron chi connectivity index (χ3n) is 5.75. The smallest absolute Gasteiger partial charge is 0.496 e. The molecule has 1 aromatic heterocycles. The van der Waals surface area contributed by atoms with Crippen LogP contribution >= 0.6 is 0 Å². The molecule has 200 valence electrons. The van der Waals surface area contributed by atoms with Crippen molar-refractivity contribution in [1.82, 2.24) is 9.29 Å². The number of sulfonamides is 1. The number of anilines is 2. The molecule has 15 heteroatoms. The number of benzene rings is 1. The zero-order valence-corrected chi connectivity index (χ0v) is 20.9. The first-order valence-corrected chi connectivity index (χ1v) is 12.8. The monoisotopic (exact) mass is 542 g/mol. The molecule has 0 spiro atoms. The van der Waals surface area contributed by atoms with Gasteiger partial charge in [0.1, 0.15) is 17.1 Å². The van der Waals surface area contributed by atoms with E-state index in [1.54, 1.807) is 0 Å². The summed E-state index contributed by atoms with van der Waals surface area (Å²) in [6, 6.07) is 3.07. The van der Waals surface area contributed by atoms with Crippen LogP contribution in [0.15, 0.2) is 24.4 Å². The highest BCUT2D eigenvalue weighted by atomic mass is 32.2. The van der Waals surface area contributed by atoms with Gasteiger partial charge in [0, 0.05) is 37.5 Å². The SMILES string of the molecule is COC(=O)c1cc2c(cc1NC(=O)c1c(OC)ccnc1N[C@@H]1CCCN(S(C)(=O)=O)C1)OC(F)(F)O2. The highest BCUT2D eigenvalue weighted by Gasteiger charge is 2.44. The Bertz CT molecular complexity index is 1340. The van der Waals surface area contributed by atoms with E-state index in [1.165, 1.54) is 23.7 Å². The van der Waals surface area contributed by atoms with Crippen LogP contribution in [0.5, 0.6) is 17.2 Å². The molecule has 4 rings (SSSR count). The lowest BCUT2D eigenvalue weighted by Gasteiger charge is -2.32. The molecular weight excluding hydrogens is 518 g/mol. The molecule has 1 amide bonds. The normalized spacial score (nSPS) is 18.7. The fourth-order valence-corrected chi connectivity index (χ4v) is 4.97. The second-order valence-electron chi connectivity index (χ2n) is 8.30. The molecule has 37 heavy (non-hydrogen) atoms. The molecule has 2 N–H and O–H groups in total. The van der Waals surface area contributed by atoms with Gasteiger partial charge in [-0.1, -0.05) is 0 Å². The first kappa shape index (κ1) is 26.3. The predicted octanol–water partition coefficient (Wildman–Crippen LogP) is 2.29. The molecule has 1 aromatic carbocycles. The number of piperidine rings is 1. The third kappa shape index (κ3) is 5.67. The highest BCUT2D eigenvalue weighted by molar-refractivity contribution is 7.88. The minimum atomic E-state index is -3.94. The quantitative estimate of drug-likeness (QED) is 0.500. The van der Waals surface area contributed by atoms with Crippen LogP contribution in [0.2, 0.25) is 0 Å². The van der Waals surface area contributed by atoms with Gasteiger partial charge in [-0.2, -0.15) is 0 Å². The number of carbonyl (C=O) groups is 2. The molecule has 2 aromatic rings. The number of ether oxygens (including phenoxy) is 4. The van der Waals surface area contributed by atoms with Gasteiger partial charge in [-0.25, -0.2) is 22.5 Å². The summed E-state index contributed by atoms with van der Waals surface area (Å²) < 4.78 is 71.3. The number of nitrogens with one attached hydrogen (secondary N) is 2. The molecule has 12 nitrogen and oxygen atoms in total. The van der Waals surface area contributed by atoms with Crippen LogP contribution < -0.4 is 24.8 Å². The van der Waals surface area contributed by atoms with E-state index in [9.17, 15) is 26.8 Å². The number of pyridine rings is 1. The Kier molecular flexibility index (Phi) is 7.10. The number of carbonyl (C=O) groups excluding carboxylic acids is 2. The van der Waals surface area contributed by atoms with E-state index in [-0.39, 0.29) is 41.0 Å². The first-order valence-electron chi connectivity index (χ1n) is 11.0. The van der Waals surface area contributed by atoms with Crippen LogP contribution in [0.4, 0.5) is 20.3 Å². The summed E-state index contributed by atoms with van der Waals surface area (Å²) in [5.74, 6) is -2.29. The van der Waals surface area contributed by atoms with Crippen molar-refractivity contribution in [2.75, 3.05) is 44.2 Å². The van der Waals surface area contributed by atoms with Crippen LogP contribution in [0.1, 0.15) is 33.6 Å². The maximum absolute atomic E-state index is 13.6. The van der Waals surface area contributed by atoms with Gasteiger partial charge >= 0.3 is 12.3 Å². The molecule has 0 bridgehead atoms. The zero-order chi connectivity index (χ0) is 27.0. The van der Waals surface area contributed by atoms with Gasteiger partial charge in [0.25, 0.3) is 5.91 Å². The summed E-state index contributed by atoms with van der Waals surface area (Å²) >= 11 is 0. The van der Waals surface area contributed by atoms with Gasteiger partial charge < -0.3 is 29.6 Å². The average molecular weight is 543 g/mol. The van der Waals surface area contributed by atoms with Gasteiger partial charge in [0.15, 0.2) is 11.5 Å². The van der Waals surface area contributed by atoms with E-state index in [1.807, 2.05) is 0 Å². The van der Waals surface area contributed by atoms with Crippen molar-refractivity contribution in [1.29, 1.82) is 0 Å². The number of alkyl halides is 2. The van der Waals surface area contributed by atoms with E-state index in [0.29, 0.717) is 19.4 Å². The molecule has 1 saturated heterocycles. The Hall–Kier alpha value is -3.72. The summed E-state index contributed by atoms with van der Waals surface area (Å²) in [4.78, 5) is 30.0. The Morgan fingerprint density at radius 1 is 1.22 bits per heavy atom. The van der Waals surface area contributed by atoms with Crippen LogP contribution in [0, 0.1) is 0 Å². The summed E-state index contributed by atoms with van der Waals surface area (Å²) in [6.45, 7) is 0.553. The van der Waals surface area contributed by atoms with E-state index in [0.717, 1.165) is 25.5 Å². The standard InChI is InChI=1S/C22H24F2N4O8S/c1-33-15-6-7-25-19(26-12-5-4-8-28(11-12)37(3,31)32)18(15)20(29)27-14-10-17-16(35-22(23,24)36-17)9-13(14)21(30)34-2/h6-7,9-10,12H,4-5,8,11H2,1-3H3,(H,25,26)(H,27,29)/t12-/m1/s1. The van der Waals surface area contributed by atoms with Gasteiger partial charge in [-0.05, 0) is 18.9 Å². The molecule has 0 aliphatic carbocycles. The number of halogens is 2. The summed E-state index contributed by atoms with van der Waals surface area (Å²) in [7, 11) is -0.986. The number of hydrogen-bond donors (Lipinski definition) is 2. The van der Waals surface area contributed by atoms with Crippen LogP contribution in [-0.2, 0) is 14.8 Å². The van der Waals surface area contributed by atoms with Crippen molar-refractivity contribution in [3.8, 4) is 17.2 Å². The van der Waals surface area contributed by atoms with Crippen molar-refractivity contribution in [3.05, 3.63) is 35.5 Å². The number of nitrogens with zero attached hydrogens (tertiary/aromatic N) is 2. The number of amides is 1. The average Bonchev–Trinajstić information content (AvgIpc) is 3.15. The maximum atomic E-state index is 13.6. The molecule has 0 unspecified atom stereocenters. The van der Waals surface area contributed by atoms with Crippen molar-refractivity contribution in [2.45, 2.75) is 25.2 Å². The number of methoxy groups -OCH3 is 2. The second-order valence-corrected chi connectivity index (χ2v) is 10.3. The van der Waals surface area contributed by atoms with Crippen LogP contribution in [-0.4, -0.2) is 75.5 Å². The Labute approximate surface area is 210 Å². The van der Waals surface area contributed by atoms with E-state index < -0.39 is 39.7 Å². The fraction of sp³-hybridized carbons (Fsp3) is 0.409. The van der Waals surface area contributed by atoms with E-state index >= 15 is 0 Å². The maximum Gasteiger partial charge on any atom is 0.586 e.